The lowest BCUT2D eigenvalue weighted by Crippen LogP contribution is -2.37. The predicted molar refractivity (Wildman–Crippen MR) is 152 cm³/mol. The third kappa shape index (κ3) is 16.8. The summed E-state index contributed by atoms with van der Waals surface area (Å²) in [5.41, 5.74) is 0. The third-order valence-electron chi connectivity index (χ3n) is 7.66. The lowest BCUT2D eigenvalue weighted by molar-refractivity contribution is -0.704. The van der Waals surface area contributed by atoms with Crippen molar-refractivity contribution in [1.29, 1.82) is 0 Å². The van der Waals surface area contributed by atoms with Crippen molar-refractivity contribution in [1.82, 2.24) is 4.57 Å². The van der Waals surface area contributed by atoms with Gasteiger partial charge in [0.25, 0.3) is 5.82 Å². The molecular weight excluding hydrogens is 412 g/mol. The van der Waals surface area contributed by atoms with E-state index in [1.807, 2.05) is 0 Å². The van der Waals surface area contributed by atoms with Crippen LogP contribution < -0.4 is 4.57 Å². The molecule has 0 bridgehead atoms. The first-order chi connectivity index (χ1) is 16.8. The van der Waals surface area contributed by atoms with Crippen molar-refractivity contribution in [3.8, 4) is 0 Å². The van der Waals surface area contributed by atoms with Crippen molar-refractivity contribution < 1.29 is 4.57 Å². The fourth-order valence-electron chi connectivity index (χ4n) is 5.38. The van der Waals surface area contributed by atoms with Gasteiger partial charge in [0, 0.05) is 6.42 Å². The molecule has 0 aromatic carbocycles. The Balaban J connectivity index is 2.00. The van der Waals surface area contributed by atoms with Gasteiger partial charge in [-0.05, 0) is 25.7 Å². The maximum absolute atomic E-state index is 2.54. The number of imidazole rings is 1. The number of aryl methyl sites for hydroxylation is 2. The lowest BCUT2D eigenvalue weighted by atomic mass is 10.0. The molecule has 200 valence electrons. The van der Waals surface area contributed by atoms with Gasteiger partial charge < -0.3 is 0 Å². The topological polar surface area (TPSA) is 8.81 Å². The van der Waals surface area contributed by atoms with Gasteiger partial charge in [0.15, 0.2) is 0 Å². The van der Waals surface area contributed by atoms with Crippen LogP contribution in [-0.2, 0) is 19.5 Å². The summed E-state index contributed by atoms with van der Waals surface area (Å²) in [6.45, 7) is 9.36. The normalized spacial score (nSPS) is 11.5. The van der Waals surface area contributed by atoms with Crippen molar-refractivity contribution >= 4 is 0 Å². The Morgan fingerprint density at radius 3 is 1.29 bits per heavy atom. The molecule has 34 heavy (non-hydrogen) atoms. The first-order valence-corrected chi connectivity index (χ1v) is 15.9. The minimum atomic E-state index is 1.16. The molecule has 0 saturated carbocycles. The molecule has 0 atom stereocenters. The molecule has 1 heterocycles. The van der Waals surface area contributed by atoms with E-state index >= 15 is 0 Å². The summed E-state index contributed by atoms with van der Waals surface area (Å²) in [6, 6.07) is 0. The SMILES string of the molecule is CCCCCCCCCCCCCCC[n+]1ccn(CCCCCCCCCCCC)c1CC. The van der Waals surface area contributed by atoms with E-state index in [0.717, 1.165) is 6.42 Å². The average molecular weight is 476 g/mol. The second-order valence-electron chi connectivity index (χ2n) is 10.9. The Morgan fingerprint density at radius 1 is 0.500 bits per heavy atom. The minimum Gasteiger partial charge on any atom is -0.234 e. The number of aromatic nitrogens is 2. The van der Waals surface area contributed by atoms with E-state index < -0.39 is 0 Å². The van der Waals surface area contributed by atoms with Crippen molar-refractivity contribution in [3.05, 3.63) is 18.2 Å². The summed E-state index contributed by atoms with van der Waals surface area (Å²) in [5, 5.41) is 0. The first-order valence-electron chi connectivity index (χ1n) is 15.9. The molecule has 0 amide bonds. The van der Waals surface area contributed by atoms with Crippen LogP contribution in [-0.4, -0.2) is 4.57 Å². The van der Waals surface area contributed by atoms with Gasteiger partial charge in [-0.1, -0.05) is 143 Å². The molecule has 2 heteroatoms. The molecule has 0 aliphatic carbocycles. The Labute approximate surface area is 215 Å². The van der Waals surface area contributed by atoms with Gasteiger partial charge in [-0.2, -0.15) is 0 Å². The van der Waals surface area contributed by atoms with Crippen molar-refractivity contribution in [2.24, 2.45) is 0 Å². The number of unbranched alkanes of at least 4 members (excludes halogenated alkanes) is 21. The molecule has 0 aliphatic rings. The van der Waals surface area contributed by atoms with Crippen LogP contribution in [0.25, 0.3) is 0 Å². The van der Waals surface area contributed by atoms with Gasteiger partial charge in [0.1, 0.15) is 12.4 Å². The Bertz CT molecular complexity index is 533. The molecule has 1 rings (SSSR count). The number of rotatable bonds is 26. The zero-order valence-electron chi connectivity index (χ0n) is 23.9. The van der Waals surface area contributed by atoms with Crippen molar-refractivity contribution in [2.45, 2.75) is 188 Å². The maximum Gasteiger partial charge on any atom is 0.256 e. The van der Waals surface area contributed by atoms with Crippen LogP contribution in [0.4, 0.5) is 0 Å². The highest BCUT2D eigenvalue weighted by Gasteiger charge is 2.14. The smallest absolute Gasteiger partial charge is 0.234 e. The Kier molecular flexibility index (Phi) is 22.0. The quantitative estimate of drug-likeness (QED) is 0.0930. The minimum absolute atomic E-state index is 1.16. The van der Waals surface area contributed by atoms with E-state index in [1.54, 1.807) is 0 Å². The number of hydrogen-bond donors (Lipinski definition) is 0. The van der Waals surface area contributed by atoms with Crippen molar-refractivity contribution in [2.75, 3.05) is 0 Å². The highest BCUT2D eigenvalue weighted by Crippen LogP contribution is 2.13. The standard InChI is InChI=1S/C32H63N2/c1-4-7-9-11-13-15-17-18-19-21-23-25-27-29-34-31-30-33(32(34)6-3)28-26-24-22-20-16-14-12-10-8-5-2/h30-31H,4-29H2,1-3H3/q+1. The van der Waals surface area contributed by atoms with Crippen LogP contribution in [0.3, 0.4) is 0 Å². The molecule has 0 fully saturated rings. The predicted octanol–water partition coefficient (Wildman–Crippen LogP) is 10.4. The van der Waals surface area contributed by atoms with Crippen LogP contribution in [0.2, 0.25) is 0 Å². The summed E-state index contributed by atoms with van der Waals surface area (Å²) in [5.74, 6) is 1.54. The molecule has 1 aromatic rings. The zero-order chi connectivity index (χ0) is 24.5. The first kappa shape index (κ1) is 31.2. The van der Waals surface area contributed by atoms with Gasteiger partial charge in [-0.3, -0.25) is 0 Å². The van der Waals surface area contributed by atoms with Gasteiger partial charge >= 0.3 is 0 Å². The van der Waals surface area contributed by atoms with Crippen LogP contribution >= 0.6 is 0 Å². The fourth-order valence-corrected chi connectivity index (χ4v) is 5.38. The van der Waals surface area contributed by atoms with E-state index in [1.165, 1.54) is 167 Å². The molecule has 0 radical (unpaired) electrons. The van der Waals surface area contributed by atoms with E-state index in [0.29, 0.717) is 0 Å². The molecule has 0 aliphatic heterocycles. The zero-order valence-corrected chi connectivity index (χ0v) is 23.9. The van der Waals surface area contributed by atoms with E-state index in [4.69, 9.17) is 0 Å². The second kappa shape index (κ2) is 23.9. The number of hydrogen-bond acceptors (Lipinski definition) is 0. The molecule has 0 saturated heterocycles. The largest absolute Gasteiger partial charge is 0.256 e. The second-order valence-corrected chi connectivity index (χ2v) is 10.9. The molecular formula is C32H63N2+. The number of nitrogens with zero attached hydrogens (tertiary/aromatic N) is 2. The summed E-state index contributed by atoms with van der Waals surface area (Å²) >= 11 is 0. The highest BCUT2D eigenvalue weighted by atomic mass is 15.1. The van der Waals surface area contributed by atoms with Gasteiger partial charge in [0.2, 0.25) is 0 Å². The summed E-state index contributed by atoms with van der Waals surface area (Å²) in [6.07, 6.45) is 38.7. The molecule has 2 nitrogen and oxygen atoms in total. The van der Waals surface area contributed by atoms with E-state index in [2.05, 4.69) is 42.3 Å². The average Bonchev–Trinajstić information content (AvgIpc) is 3.24. The third-order valence-corrected chi connectivity index (χ3v) is 7.66. The van der Waals surface area contributed by atoms with Crippen LogP contribution in [0.1, 0.15) is 174 Å². The van der Waals surface area contributed by atoms with Gasteiger partial charge in [-0.15, -0.1) is 0 Å². The van der Waals surface area contributed by atoms with Crippen LogP contribution in [0.15, 0.2) is 12.4 Å². The molecule has 1 aromatic heterocycles. The molecule has 0 spiro atoms. The van der Waals surface area contributed by atoms with Gasteiger partial charge in [-0.25, -0.2) is 9.13 Å². The van der Waals surface area contributed by atoms with Gasteiger partial charge in [0.05, 0.1) is 13.1 Å². The van der Waals surface area contributed by atoms with Crippen LogP contribution in [0.5, 0.6) is 0 Å². The van der Waals surface area contributed by atoms with E-state index in [9.17, 15) is 0 Å². The summed E-state index contributed by atoms with van der Waals surface area (Å²) in [7, 11) is 0. The van der Waals surface area contributed by atoms with Crippen molar-refractivity contribution in [3.63, 3.8) is 0 Å². The summed E-state index contributed by atoms with van der Waals surface area (Å²) in [4.78, 5) is 0. The highest BCUT2D eigenvalue weighted by molar-refractivity contribution is 4.83. The molecule has 0 unspecified atom stereocenters. The van der Waals surface area contributed by atoms with Crippen LogP contribution in [0, 0.1) is 0 Å². The monoisotopic (exact) mass is 475 g/mol. The Morgan fingerprint density at radius 2 is 0.882 bits per heavy atom. The fraction of sp³-hybridized carbons (Fsp3) is 0.906. The maximum atomic E-state index is 2.54. The van der Waals surface area contributed by atoms with E-state index in [-0.39, 0.29) is 0 Å². The lowest BCUT2D eigenvalue weighted by Gasteiger charge is -2.05. The Hall–Kier alpha value is -0.790. The summed E-state index contributed by atoms with van der Waals surface area (Å²) < 4.78 is 5.07. The molecule has 0 N–H and O–H groups in total.